The van der Waals surface area contributed by atoms with Crippen LogP contribution >= 0.6 is 0 Å². The number of methoxy groups -OCH3 is 3. The summed E-state index contributed by atoms with van der Waals surface area (Å²) in [4.78, 5) is 31.1. The van der Waals surface area contributed by atoms with Gasteiger partial charge >= 0.3 is 0 Å². The number of ether oxygens (including phenoxy) is 3. The molecule has 0 saturated heterocycles. The van der Waals surface area contributed by atoms with E-state index in [0.29, 0.717) is 42.4 Å². The van der Waals surface area contributed by atoms with E-state index in [1.807, 2.05) is 31.2 Å². The maximum absolute atomic E-state index is 13.3. The molecule has 0 aliphatic heterocycles. The van der Waals surface area contributed by atoms with Gasteiger partial charge in [0.1, 0.15) is 16.8 Å². The number of carbonyl (C=O) groups excluding carboxylic acids is 1. The number of benzene rings is 1. The summed E-state index contributed by atoms with van der Waals surface area (Å²) >= 11 is 0. The van der Waals surface area contributed by atoms with Gasteiger partial charge in [0.25, 0.3) is 11.5 Å². The number of fused-ring (bicyclic) bond motifs is 2. The molecule has 3 aromatic heterocycles. The van der Waals surface area contributed by atoms with Crippen molar-refractivity contribution in [3.05, 3.63) is 75.1 Å². The van der Waals surface area contributed by atoms with Crippen LogP contribution in [0.5, 0.6) is 11.5 Å². The minimum atomic E-state index is -0.442. The van der Waals surface area contributed by atoms with Crippen LogP contribution in [0.1, 0.15) is 21.5 Å². The fourth-order valence-corrected chi connectivity index (χ4v) is 4.12. The summed E-state index contributed by atoms with van der Waals surface area (Å²) in [5.41, 5.74) is 2.40. The Labute approximate surface area is 207 Å². The van der Waals surface area contributed by atoms with Crippen LogP contribution in [0.25, 0.3) is 16.7 Å². The first-order valence-electron chi connectivity index (χ1n) is 11.5. The van der Waals surface area contributed by atoms with E-state index >= 15 is 0 Å². The van der Waals surface area contributed by atoms with E-state index in [9.17, 15) is 9.59 Å². The molecule has 4 aromatic rings. The molecule has 1 aromatic carbocycles. The SMILES string of the molecule is COCCn1c(=N)c(C(=O)NCCc2ccc(OC)c(OC)c2)cc2c(=O)n3cccc(C)c3nc21. The van der Waals surface area contributed by atoms with E-state index in [2.05, 4.69) is 10.3 Å². The number of aryl methyl sites for hydroxylation is 1. The molecule has 4 rings (SSSR count). The van der Waals surface area contributed by atoms with Crippen LogP contribution in [0.2, 0.25) is 0 Å². The summed E-state index contributed by atoms with van der Waals surface area (Å²) in [7, 11) is 4.70. The van der Waals surface area contributed by atoms with Crippen LogP contribution in [0.4, 0.5) is 0 Å². The second kappa shape index (κ2) is 10.6. The van der Waals surface area contributed by atoms with Gasteiger partial charge in [-0.25, -0.2) is 4.98 Å². The van der Waals surface area contributed by atoms with Crippen LogP contribution in [0.3, 0.4) is 0 Å². The second-order valence-electron chi connectivity index (χ2n) is 8.29. The summed E-state index contributed by atoms with van der Waals surface area (Å²) in [6.45, 7) is 2.77. The van der Waals surface area contributed by atoms with E-state index in [-0.39, 0.29) is 28.5 Å². The lowest BCUT2D eigenvalue weighted by atomic mass is 10.1. The van der Waals surface area contributed by atoms with Gasteiger partial charge in [0, 0.05) is 26.4 Å². The average Bonchev–Trinajstić information content (AvgIpc) is 2.88. The van der Waals surface area contributed by atoms with Gasteiger partial charge in [0.05, 0.1) is 31.8 Å². The Morgan fingerprint density at radius 3 is 2.58 bits per heavy atom. The number of aromatic nitrogens is 3. The van der Waals surface area contributed by atoms with Gasteiger partial charge in [0.15, 0.2) is 11.5 Å². The highest BCUT2D eigenvalue weighted by atomic mass is 16.5. The maximum Gasteiger partial charge on any atom is 0.267 e. The highest BCUT2D eigenvalue weighted by Crippen LogP contribution is 2.27. The normalized spacial score (nSPS) is 11.1. The molecule has 1 amide bonds. The first-order chi connectivity index (χ1) is 17.4. The van der Waals surface area contributed by atoms with Crippen molar-refractivity contribution in [2.45, 2.75) is 19.9 Å². The summed E-state index contributed by atoms with van der Waals surface area (Å²) < 4.78 is 18.8. The molecule has 10 nitrogen and oxygen atoms in total. The summed E-state index contributed by atoms with van der Waals surface area (Å²) in [6, 6.07) is 10.7. The molecule has 10 heteroatoms. The Hall–Kier alpha value is -4.18. The third-order valence-electron chi connectivity index (χ3n) is 6.04. The molecule has 0 spiro atoms. The van der Waals surface area contributed by atoms with Crippen LogP contribution in [0, 0.1) is 12.3 Å². The average molecular weight is 492 g/mol. The first kappa shape index (κ1) is 24.9. The molecule has 3 heterocycles. The van der Waals surface area contributed by atoms with Gasteiger partial charge in [-0.3, -0.25) is 19.4 Å². The largest absolute Gasteiger partial charge is 0.493 e. The van der Waals surface area contributed by atoms with E-state index in [1.54, 1.807) is 38.2 Å². The molecular weight excluding hydrogens is 462 g/mol. The Kier molecular flexibility index (Phi) is 7.35. The van der Waals surface area contributed by atoms with Crippen LogP contribution < -0.4 is 25.8 Å². The topological polar surface area (TPSA) is 120 Å². The standard InChI is InChI=1S/C26H29N5O5/c1-16-6-5-11-31-23(16)29-24-19(26(31)33)15-18(22(27)30(24)12-13-34-2)25(32)28-10-9-17-7-8-20(35-3)21(14-17)36-4/h5-8,11,14-15,27H,9-10,12-13H2,1-4H3,(H,28,32). The van der Waals surface area contributed by atoms with Crippen molar-refractivity contribution in [1.82, 2.24) is 19.3 Å². The molecule has 0 aliphatic rings. The van der Waals surface area contributed by atoms with Crippen molar-refractivity contribution in [3.8, 4) is 11.5 Å². The molecule has 36 heavy (non-hydrogen) atoms. The molecule has 0 radical (unpaired) electrons. The highest BCUT2D eigenvalue weighted by molar-refractivity contribution is 5.96. The number of nitrogens with zero attached hydrogens (tertiary/aromatic N) is 3. The highest BCUT2D eigenvalue weighted by Gasteiger charge is 2.18. The number of carbonyl (C=O) groups is 1. The second-order valence-corrected chi connectivity index (χ2v) is 8.29. The Balaban J connectivity index is 1.69. The zero-order chi connectivity index (χ0) is 25.8. The predicted molar refractivity (Wildman–Crippen MR) is 135 cm³/mol. The van der Waals surface area contributed by atoms with Crippen molar-refractivity contribution < 1.29 is 19.0 Å². The number of amides is 1. The van der Waals surface area contributed by atoms with Gasteiger partial charge in [-0.2, -0.15) is 0 Å². The van der Waals surface area contributed by atoms with Crippen LogP contribution in [-0.4, -0.2) is 54.3 Å². The first-order valence-corrected chi connectivity index (χ1v) is 11.5. The monoisotopic (exact) mass is 491 g/mol. The van der Waals surface area contributed by atoms with E-state index in [0.717, 1.165) is 11.1 Å². The van der Waals surface area contributed by atoms with E-state index in [1.165, 1.54) is 10.5 Å². The molecule has 0 bridgehead atoms. The summed E-state index contributed by atoms with van der Waals surface area (Å²) in [5, 5.41) is 11.9. The molecule has 0 unspecified atom stereocenters. The van der Waals surface area contributed by atoms with Crippen molar-refractivity contribution in [2.24, 2.45) is 0 Å². The molecule has 0 atom stereocenters. The van der Waals surface area contributed by atoms with E-state index in [4.69, 9.17) is 19.6 Å². The van der Waals surface area contributed by atoms with Gasteiger partial charge in [-0.1, -0.05) is 12.1 Å². The molecule has 2 N–H and O–H groups in total. The lowest BCUT2D eigenvalue weighted by Crippen LogP contribution is -2.36. The lowest BCUT2D eigenvalue weighted by Gasteiger charge is -2.15. The summed E-state index contributed by atoms with van der Waals surface area (Å²) in [5.74, 6) is 0.796. The third kappa shape index (κ3) is 4.67. The predicted octanol–water partition coefficient (Wildman–Crippen LogP) is 2.07. The number of pyridine rings is 2. The van der Waals surface area contributed by atoms with Crippen molar-refractivity contribution in [2.75, 3.05) is 34.5 Å². The van der Waals surface area contributed by atoms with E-state index < -0.39 is 5.91 Å². The summed E-state index contributed by atoms with van der Waals surface area (Å²) in [6.07, 6.45) is 2.19. The van der Waals surface area contributed by atoms with Crippen LogP contribution in [0.15, 0.2) is 47.4 Å². The fraction of sp³-hybridized carbons (Fsp3) is 0.308. The number of hydrogen-bond acceptors (Lipinski definition) is 7. The Morgan fingerprint density at radius 1 is 1.08 bits per heavy atom. The number of nitrogens with one attached hydrogen (secondary N) is 2. The lowest BCUT2D eigenvalue weighted by molar-refractivity contribution is 0.0951. The molecule has 0 aliphatic carbocycles. The third-order valence-corrected chi connectivity index (χ3v) is 6.04. The zero-order valence-corrected chi connectivity index (χ0v) is 20.8. The molecule has 0 fully saturated rings. The van der Waals surface area contributed by atoms with Gasteiger partial charge in [0.2, 0.25) is 0 Å². The maximum atomic E-state index is 13.3. The smallest absolute Gasteiger partial charge is 0.267 e. The minimum absolute atomic E-state index is 0.0343. The van der Waals surface area contributed by atoms with Gasteiger partial charge in [-0.15, -0.1) is 0 Å². The van der Waals surface area contributed by atoms with Crippen LogP contribution in [-0.2, 0) is 17.7 Å². The Bertz CT molecular complexity index is 1560. The van der Waals surface area contributed by atoms with Crippen molar-refractivity contribution in [1.29, 1.82) is 5.41 Å². The number of hydrogen-bond donors (Lipinski definition) is 2. The zero-order valence-electron chi connectivity index (χ0n) is 20.8. The van der Waals surface area contributed by atoms with Crippen molar-refractivity contribution in [3.63, 3.8) is 0 Å². The van der Waals surface area contributed by atoms with Crippen molar-refractivity contribution >= 4 is 22.6 Å². The van der Waals surface area contributed by atoms with Gasteiger partial charge in [-0.05, 0) is 48.7 Å². The molecular formula is C26H29N5O5. The minimum Gasteiger partial charge on any atom is -0.493 e. The Morgan fingerprint density at radius 2 is 1.86 bits per heavy atom. The fourth-order valence-electron chi connectivity index (χ4n) is 4.12. The quantitative estimate of drug-likeness (QED) is 0.346. The number of rotatable bonds is 9. The molecule has 188 valence electrons. The van der Waals surface area contributed by atoms with Gasteiger partial charge < -0.3 is 24.1 Å². The molecule has 0 saturated carbocycles.